The van der Waals surface area contributed by atoms with Gasteiger partial charge in [0, 0.05) is 18.3 Å². The topological polar surface area (TPSA) is 70.1 Å². The Morgan fingerprint density at radius 3 is 3.00 bits per heavy atom. The van der Waals surface area contributed by atoms with E-state index < -0.39 is 4.92 Å². The second-order valence-electron chi connectivity index (χ2n) is 3.47. The number of hydrogen-bond acceptors (Lipinski definition) is 5. The van der Waals surface area contributed by atoms with Crippen LogP contribution in [0.25, 0.3) is 10.2 Å². The van der Waals surface area contributed by atoms with Gasteiger partial charge < -0.3 is 0 Å². The maximum absolute atomic E-state index is 10.7. The number of hydrogen-bond donors (Lipinski definition) is 0. The summed E-state index contributed by atoms with van der Waals surface area (Å²) in [6.07, 6.45) is 5.49. The maximum atomic E-state index is 10.7. The SMILES string of the molecule is O=[N+]([O-])c1ccc2nc(SC3=CC=C[N]3)sc2c1. The predicted octanol–water partition coefficient (Wildman–Crippen LogP) is 3.27. The highest BCUT2D eigenvalue weighted by atomic mass is 32.2. The van der Waals surface area contributed by atoms with Gasteiger partial charge in [-0.05, 0) is 30.0 Å². The molecule has 0 saturated carbocycles. The number of rotatable bonds is 3. The molecular formula is C11H6N3O2S2. The van der Waals surface area contributed by atoms with E-state index in [1.165, 1.54) is 29.2 Å². The van der Waals surface area contributed by atoms with E-state index in [0.717, 1.165) is 19.6 Å². The number of nitro benzene ring substituents is 1. The number of allylic oxidation sites excluding steroid dienone is 2. The molecule has 18 heavy (non-hydrogen) atoms. The number of benzene rings is 1. The minimum Gasteiger partial charge on any atom is -0.258 e. The van der Waals surface area contributed by atoms with E-state index in [9.17, 15) is 10.1 Å². The van der Waals surface area contributed by atoms with Gasteiger partial charge in [0.15, 0.2) is 4.34 Å². The van der Waals surface area contributed by atoms with E-state index in [2.05, 4.69) is 10.3 Å². The molecule has 7 heteroatoms. The average molecular weight is 276 g/mol. The van der Waals surface area contributed by atoms with Gasteiger partial charge in [0.1, 0.15) is 5.03 Å². The molecule has 2 aromatic rings. The van der Waals surface area contributed by atoms with Gasteiger partial charge in [-0.2, -0.15) is 0 Å². The quantitative estimate of drug-likeness (QED) is 0.637. The zero-order chi connectivity index (χ0) is 12.5. The summed E-state index contributed by atoms with van der Waals surface area (Å²) in [6.45, 7) is 0. The standard InChI is InChI=1S/C11H6N3O2S2/c15-14(16)7-3-4-8-9(6-7)17-11(13-8)18-10-2-1-5-12-10/h1-6H. The van der Waals surface area contributed by atoms with Gasteiger partial charge in [0.2, 0.25) is 0 Å². The molecule has 3 rings (SSSR count). The van der Waals surface area contributed by atoms with E-state index in [0.29, 0.717) is 0 Å². The molecule has 0 amide bonds. The summed E-state index contributed by atoms with van der Waals surface area (Å²) in [5, 5.41) is 15.7. The van der Waals surface area contributed by atoms with Crippen LogP contribution in [0.15, 0.2) is 45.9 Å². The summed E-state index contributed by atoms with van der Waals surface area (Å²) in [5.41, 5.74) is 0.869. The van der Waals surface area contributed by atoms with Crippen LogP contribution in [-0.2, 0) is 0 Å². The minimum absolute atomic E-state index is 0.0918. The second kappa shape index (κ2) is 4.43. The lowest BCUT2D eigenvalue weighted by Crippen LogP contribution is -1.86. The fourth-order valence-electron chi connectivity index (χ4n) is 1.48. The Morgan fingerprint density at radius 2 is 2.28 bits per heavy atom. The lowest BCUT2D eigenvalue weighted by molar-refractivity contribution is -0.384. The van der Waals surface area contributed by atoms with Crippen molar-refractivity contribution in [1.82, 2.24) is 10.3 Å². The van der Waals surface area contributed by atoms with Crippen molar-refractivity contribution in [3.05, 3.63) is 51.7 Å². The lowest BCUT2D eigenvalue weighted by Gasteiger charge is -1.94. The third-order valence-electron chi connectivity index (χ3n) is 2.28. The Balaban J connectivity index is 1.93. The van der Waals surface area contributed by atoms with Gasteiger partial charge in [-0.3, -0.25) is 10.1 Å². The lowest BCUT2D eigenvalue weighted by atomic mass is 10.3. The van der Waals surface area contributed by atoms with Gasteiger partial charge >= 0.3 is 0 Å². The van der Waals surface area contributed by atoms with E-state index >= 15 is 0 Å². The van der Waals surface area contributed by atoms with Crippen LogP contribution in [0.1, 0.15) is 0 Å². The number of nitro groups is 1. The summed E-state index contributed by atoms with van der Waals surface area (Å²) in [5.74, 6) is 0. The van der Waals surface area contributed by atoms with Crippen molar-refractivity contribution >= 4 is 39.0 Å². The Hall–Kier alpha value is -1.86. The second-order valence-corrected chi connectivity index (χ2v) is 5.76. The number of nitrogens with zero attached hydrogens (tertiary/aromatic N) is 3. The molecular weight excluding hydrogens is 270 g/mol. The number of thioether (sulfide) groups is 1. The van der Waals surface area contributed by atoms with Crippen molar-refractivity contribution in [2.24, 2.45) is 0 Å². The maximum Gasteiger partial charge on any atom is 0.270 e. The van der Waals surface area contributed by atoms with Crippen molar-refractivity contribution in [2.45, 2.75) is 4.34 Å². The first kappa shape index (κ1) is 11.2. The Bertz CT molecular complexity index is 691. The van der Waals surface area contributed by atoms with Gasteiger partial charge in [-0.25, -0.2) is 10.3 Å². The Morgan fingerprint density at radius 1 is 1.39 bits per heavy atom. The van der Waals surface area contributed by atoms with E-state index in [1.807, 2.05) is 12.2 Å². The summed E-state index contributed by atoms with van der Waals surface area (Å²) >= 11 is 2.90. The van der Waals surface area contributed by atoms with Crippen molar-refractivity contribution in [1.29, 1.82) is 0 Å². The molecule has 0 N–H and O–H groups in total. The number of thiazole rings is 1. The van der Waals surface area contributed by atoms with Crippen molar-refractivity contribution in [3.8, 4) is 0 Å². The monoisotopic (exact) mass is 276 g/mol. The molecule has 0 fully saturated rings. The zero-order valence-electron chi connectivity index (χ0n) is 8.94. The minimum atomic E-state index is -0.398. The van der Waals surface area contributed by atoms with Crippen LogP contribution in [0.2, 0.25) is 0 Å². The molecule has 2 heterocycles. The molecule has 0 bridgehead atoms. The van der Waals surface area contributed by atoms with Crippen molar-refractivity contribution < 1.29 is 4.92 Å². The van der Waals surface area contributed by atoms with Crippen LogP contribution in [0.4, 0.5) is 5.69 Å². The fraction of sp³-hybridized carbons (Fsp3) is 0. The van der Waals surface area contributed by atoms with Crippen LogP contribution in [0, 0.1) is 10.1 Å². The van der Waals surface area contributed by atoms with Crippen LogP contribution >= 0.6 is 23.1 Å². The molecule has 1 aliphatic heterocycles. The van der Waals surface area contributed by atoms with Gasteiger partial charge in [0.25, 0.3) is 5.69 Å². The molecule has 89 valence electrons. The molecule has 1 radical (unpaired) electrons. The summed E-state index contributed by atoms with van der Waals surface area (Å²) in [6, 6.07) is 4.69. The molecule has 1 aromatic carbocycles. The number of non-ortho nitro benzene ring substituents is 1. The van der Waals surface area contributed by atoms with Gasteiger partial charge in [0.05, 0.1) is 15.1 Å². The first-order valence-electron chi connectivity index (χ1n) is 5.03. The number of fused-ring (bicyclic) bond motifs is 1. The smallest absolute Gasteiger partial charge is 0.258 e. The Labute approximate surface area is 110 Å². The van der Waals surface area contributed by atoms with Crippen LogP contribution in [-0.4, -0.2) is 9.91 Å². The largest absolute Gasteiger partial charge is 0.270 e. The molecule has 0 saturated heterocycles. The molecule has 0 atom stereocenters. The molecule has 0 unspecified atom stereocenters. The molecule has 5 nitrogen and oxygen atoms in total. The highest BCUT2D eigenvalue weighted by Gasteiger charge is 2.12. The van der Waals surface area contributed by atoms with Gasteiger partial charge in [-0.1, -0.05) is 0 Å². The first-order valence-corrected chi connectivity index (χ1v) is 6.66. The van der Waals surface area contributed by atoms with Crippen LogP contribution < -0.4 is 5.32 Å². The highest BCUT2D eigenvalue weighted by molar-refractivity contribution is 8.04. The third-order valence-corrected chi connectivity index (χ3v) is 4.31. The molecule has 1 aromatic heterocycles. The molecule has 0 spiro atoms. The normalized spacial score (nSPS) is 13.7. The fourth-order valence-corrected chi connectivity index (χ4v) is 3.49. The van der Waals surface area contributed by atoms with E-state index in [1.54, 1.807) is 18.3 Å². The highest BCUT2D eigenvalue weighted by Crippen LogP contribution is 2.35. The first-order chi connectivity index (χ1) is 8.72. The third kappa shape index (κ3) is 2.09. The summed E-state index contributed by atoms with van der Waals surface area (Å²) < 4.78 is 1.66. The van der Waals surface area contributed by atoms with Gasteiger partial charge in [-0.15, -0.1) is 11.3 Å². The molecule has 0 aliphatic carbocycles. The van der Waals surface area contributed by atoms with Crippen molar-refractivity contribution in [3.63, 3.8) is 0 Å². The summed E-state index contributed by atoms with van der Waals surface area (Å²) in [7, 11) is 0. The average Bonchev–Trinajstić information content (AvgIpc) is 2.96. The summed E-state index contributed by atoms with van der Waals surface area (Å²) in [4.78, 5) is 14.7. The van der Waals surface area contributed by atoms with E-state index in [4.69, 9.17) is 0 Å². The number of aromatic nitrogens is 1. The zero-order valence-corrected chi connectivity index (χ0v) is 10.6. The Kier molecular flexibility index (Phi) is 2.77. The van der Waals surface area contributed by atoms with Crippen molar-refractivity contribution in [2.75, 3.05) is 0 Å². The molecule has 1 aliphatic rings. The van der Waals surface area contributed by atoms with E-state index in [-0.39, 0.29) is 5.69 Å². The predicted molar refractivity (Wildman–Crippen MR) is 71.5 cm³/mol. The van der Waals surface area contributed by atoms with Crippen LogP contribution in [0.3, 0.4) is 0 Å². The van der Waals surface area contributed by atoms with Crippen LogP contribution in [0.5, 0.6) is 0 Å².